The molecule has 1 aliphatic rings. The topological polar surface area (TPSA) is 46.3 Å². The molecule has 18 heavy (non-hydrogen) atoms. The van der Waals surface area contributed by atoms with Gasteiger partial charge in [-0.25, -0.2) is 0 Å². The van der Waals surface area contributed by atoms with Crippen LogP contribution in [-0.4, -0.2) is 29.9 Å². The molecule has 1 amide bonds. The molecule has 0 saturated carbocycles. The summed E-state index contributed by atoms with van der Waals surface area (Å²) in [5, 5.41) is 0. The number of benzene rings is 1. The van der Waals surface area contributed by atoms with Crippen molar-refractivity contribution in [1.29, 1.82) is 0 Å². The molecule has 0 radical (unpaired) electrons. The van der Waals surface area contributed by atoms with Crippen LogP contribution in [0, 0.1) is 19.8 Å². The van der Waals surface area contributed by atoms with Gasteiger partial charge in [0.1, 0.15) is 0 Å². The van der Waals surface area contributed by atoms with Gasteiger partial charge in [0.05, 0.1) is 0 Å². The zero-order valence-corrected chi connectivity index (χ0v) is 11.4. The smallest absolute Gasteiger partial charge is 0.253 e. The van der Waals surface area contributed by atoms with Gasteiger partial charge in [-0.3, -0.25) is 4.79 Å². The molecule has 2 rings (SSSR count). The summed E-state index contributed by atoms with van der Waals surface area (Å²) in [6.45, 7) is 7.72. The van der Waals surface area contributed by atoms with Crippen LogP contribution >= 0.6 is 0 Å². The van der Waals surface area contributed by atoms with Gasteiger partial charge >= 0.3 is 0 Å². The number of aryl methyl sites for hydroxylation is 2. The van der Waals surface area contributed by atoms with Crippen molar-refractivity contribution in [2.45, 2.75) is 33.2 Å². The van der Waals surface area contributed by atoms with Crippen LogP contribution in [0.25, 0.3) is 0 Å². The predicted molar refractivity (Wildman–Crippen MR) is 73.6 cm³/mol. The van der Waals surface area contributed by atoms with Gasteiger partial charge in [-0.2, -0.15) is 0 Å². The molecule has 1 aliphatic heterocycles. The lowest BCUT2D eigenvalue weighted by Gasteiger charge is -2.35. The minimum atomic E-state index is 0.139. The van der Waals surface area contributed by atoms with Gasteiger partial charge in [0.15, 0.2) is 0 Å². The molecule has 98 valence electrons. The molecule has 1 fully saturated rings. The highest BCUT2D eigenvalue weighted by Crippen LogP contribution is 2.18. The summed E-state index contributed by atoms with van der Waals surface area (Å²) in [6.07, 6.45) is 0.901. The molecule has 3 nitrogen and oxygen atoms in total. The van der Waals surface area contributed by atoms with Gasteiger partial charge in [0.25, 0.3) is 5.91 Å². The number of piperidine rings is 1. The van der Waals surface area contributed by atoms with Gasteiger partial charge in [0.2, 0.25) is 0 Å². The summed E-state index contributed by atoms with van der Waals surface area (Å²) >= 11 is 0. The van der Waals surface area contributed by atoms with Crippen LogP contribution in [0.4, 0.5) is 0 Å². The van der Waals surface area contributed by atoms with Crippen molar-refractivity contribution in [3.63, 3.8) is 0 Å². The zero-order valence-electron chi connectivity index (χ0n) is 11.4. The standard InChI is InChI=1S/C15H22N2O/c1-10-6-11(2)8-13(7-10)15(18)17-5-4-14(16)12(3)9-17/h6-8,12,14H,4-5,9,16H2,1-3H3. The number of nitrogens with zero attached hydrogens (tertiary/aromatic N) is 1. The van der Waals surface area contributed by atoms with Gasteiger partial charge in [-0.05, 0) is 38.3 Å². The molecular formula is C15H22N2O. The first-order valence-electron chi connectivity index (χ1n) is 6.60. The number of hydrogen-bond acceptors (Lipinski definition) is 2. The first kappa shape index (κ1) is 13.1. The normalized spacial score (nSPS) is 24.1. The Hall–Kier alpha value is -1.35. The summed E-state index contributed by atoms with van der Waals surface area (Å²) in [4.78, 5) is 14.4. The number of carbonyl (C=O) groups is 1. The second kappa shape index (κ2) is 5.11. The fourth-order valence-corrected chi connectivity index (χ4v) is 2.63. The highest BCUT2D eigenvalue weighted by Gasteiger charge is 2.26. The number of nitrogens with two attached hydrogens (primary N) is 1. The fourth-order valence-electron chi connectivity index (χ4n) is 2.63. The highest BCUT2D eigenvalue weighted by atomic mass is 16.2. The predicted octanol–water partition coefficient (Wildman–Crippen LogP) is 2.11. The quantitative estimate of drug-likeness (QED) is 0.825. The third-order valence-electron chi connectivity index (χ3n) is 3.73. The maximum atomic E-state index is 12.4. The second-order valence-corrected chi connectivity index (χ2v) is 5.56. The van der Waals surface area contributed by atoms with E-state index in [0.717, 1.165) is 36.2 Å². The summed E-state index contributed by atoms with van der Waals surface area (Å²) in [5.74, 6) is 0.522. The number of hydrogen-bond donors (Lipinski definition) is 1. The summed E-state index contributed by atoms with van der Waals surface area (Å²) in [5.41, 5.74) is 9.07. The van der Waals surface area contributed by atoms with Crippen LogP contribution in [0.3, 0.4) is 0 Å². The average Bonchev–Trinajstić information content (AvgIpc) is 2.30. The molecule has 0 spiro atoms. The maximum Gasteiger partial charge on any atom is 0.253 e. The molecule has 1 saturated heterocycles. The van der Waals surface area contributed by atoms with Gasteiger partial charge in [-0.15, -0.1) is 0 Å². The van der Waals surface area contributed by atoms with Crippen molar-refractivity contribution in [3.05, 3.63) is 34.9 Å². The lowest BCUT2D eigenvalue weighted by Crippen LogP contribution is -2.48. The van der Waals surface area contributed by atoms with Crippen molar-refractivity contribution >= 4 is 5.91 Å². The Morgan fingerprint density at radius 1 is 1.28 bits per heavy atom. The Morgan fingerprint density at radius 2 is 1.89 bits per heavy atom. The average molecular weight is 246 g/mol. The van der Waals surface area contributed by atoms with Crippen molar-refractivity contribution in [2.75, 3.05) is 13.1 Å². The molecule has 2 unspecified atom stereocenters. The molecular weight excluding hydrogens is 224 g/mol. The summed E-state index contributed by atoms with van der Waals surface area (Å²) in [7, 11) is 0. The van der Waals surface area contributed by atoms with Crippen LogP contribution in [0.2, 0.25) is 0 Å². The van der Waals surface area contributed by atoms with Gasteiger partial charge in [0, 0.05) is 24.7 Å². The van der Waals surface area contributed by atoms with E-state index in [1.54, 1.807) is 0 Å². The molecule has 2 atom stereocenters. The van der Waals surface area contributed by atoms with Crippen LogP contribution in [0.5, 0.6) is 0 Å². The van der Waals surface area contributed by atoms with E-state index in [1.165, 1.54) is 0 Å². The Balaban J connectivity index is 2.16. The number of carbonyl (C=O) groups excluding carboxylic acids is 1. The highest BCUT2D eigenvalue weighted by molar-refractivity contribution is 5.94. The van der Waals surface area contributed by atoms with Gasteiger partial charge in [-0.1, -0.05) is 24.1 Å². The molecule has 0 bridgehead atoms. The minimum Gasteiger partial charge on any atom is -0.338 e. The first-order chi connectivity index (χ1) is 8.47. The Bertz CT molecular complexity index is 436. The van der Waals surface area contributed by atoms with Crippen molar-refractivity contribution in [2.24, 2.45) is 11.7 Å². The molecule has 2 N–H and O–H groups in total. The lowest BCUT2D eigenvalue weighted by molar-refractivity contribution is 0.0664. The van der Waals surface area contributed by atoms with Crippen LogP contribution < -0.4 is 5.73 Å². The summed E-state index contributed by atoms with van der Waals surface area (Å²) in [6, 6.07) is 6.25. The third-order valence-corrected chi connectivity index (χ3v) is 3.73. The zero-order chi connectivity index (χ0) is 13.3. The molecule has 1 heterocycles. The molecule has 0 aromatic heterocycles. The van der Waals surface area contributed by atoms with Crippen molar-refractivity contribution in [3.8, 4) is 0 Å². The lowest BCUT2D eigenvalue weighted by atomic mass is 9.94. The molecule has 1 aromatic carbocycles. The largest absolute Gasteiger partial charge is 0.338 e. The molecule has 0 aliphatic carbocycles. The van der Waals surface area contributed by atoms with E-state index >= 15 is 0 Å². The van der Waals surface area contributed by atoms with Crippen LogP contribution in [-0.2, 0) is 0 Å². The van der Waals surface area contributed by atoms with Crippen LogP contribution in [0.1, 0.15) is 34.8 Å². The Kier molecular flexibility index (Phi) is 3.71. The summed E-state index contributed by atoms with van der Waals surface area (Å²) < 4.78 is 0. The van der Waals surface area contributed by atoms with Crippen molar-refractivity contribution in [1.82, 2.24) is 4.90 Å². The minimum absolute atomic E-state index is 0.139. The van der Waals surface area contributed by atoms with E-state index < -0.39 is 0 Å². The first-order valence-corrected chi connectivity index (χ1v) is 6.60. The van der Waals surface area contributed by atoms with E-state index in [9.17, 15) is 4.79 Å². The van der Waals surface area contributed by atoms with E-state index in [0.29, 0.717) is 5.92 Å². The maximum absolute atomic E-state index is 12.4. The molecule has 3 heteroatoms. The van der Waals surface area contributed by atoms with E-state index in [-0.39, 0.29) is 11.9 Å². The Morgan fingerprint density at radius 3 is 2.44 bits per heavy atom. The molecule has 1 aromatic rings. The second-order valence-electron chi connectivity index (χ2n) is 5.56. The fraction of sp³-hybridized carbons (Fsp3) is 0.533. The van der Waals surface area contributed by atoms with Crippen LogP contribution in [0.15, 0.2) is 18.2 Å². The number of rotatable bonds is 1. The van der Waals surface area contributed by atoms with Gasteiger partial charge < -0.3 is 10.6 Å². The third kappa shape index (κ3) is 2.72. The SMILES string of the molecule is Cc1cc(C)cc(C(=O)N2CCC(N)C(C)C2)c1. The number of likely N-dealkylation sites (tertiary alicyclic amines) is 1. The monoisotopic (exact) mass is 246 g/mol. The van der Waals surface area contributed by atoms with E-state index in [4.69, 9.17) is 5.73 Å². The Labute approximate surface area is 109 Å². The van der Waals surface area contributed by atoms with E-state index in [1.807, 2.05) is 30.9 Å². The van der Waals surface area contributed by atoms with Crippen molar-refractivity contribution < 1.29 is 4.79 Å². The van der Waals surface area contributed by atoms with E-state index in [2.05, 4.69) is 13.0 Å². The number of amides is 1.